The molecule has 0 spiro atoms. The van der Waals surface area contributed by atoms with Crippen LogP contribution in [0.15, 0.2) is 28.7 Å². The van der Waals surface area contributed by atoms with Crippen molar-refractivity contribution in [3.8, 4) is 0 Å². The van der Waals surface area contributed by atoms with Crippen LogP contribution in [0.25, 0.3) is 0 Å². The van der Waals surface area contributed by atoms with Crippen molar-refractivity contribution in [3.05, 3.63) is 34.3 Å². The van der Waals surface area contributed by atoms with Crippen molar-refractivity contribution in [2.45, 2.75) is 44.7 Å². The normalized spacial score (nSPS) is 20.9. The predicted molar refractivity (Wildman–Crippen MR) is 80.6 cm³/mol. The Bertz CT molecular complexity index is 397. The average molecular weight is 311 g/mol. The van der Waals surface area contributed by atoms with Crippen LogP contribution in [0.3, 0.4) is 0 Å². The third-order valence-corrected chi connectivity index (χ3v) is 4.55. The van der Waals surface area contributed by atoms with Gasteiger partial charge < -0.3 is 5.73 Å². The SMILES string of the molecule is CC(C)(C)N1CCC(N)(c2ccc(Br)cc2)CC1. The molecule has 0 aromatic heterocycles. The van der Waals surface area contributed by atoms with Crippen LogP contribution in [-0.4, -0.2) is 23.5 Å². The number of hydrogen-bond acceptors (Lipinski definition) is 2. The van der Waals surface area contributed by atoms with Crippen LogP contribution in [-0.2, 0) is 5.54 Å². The van der Waals surface area contributed by atoms with Gasteiger partial charge in [-0.1, -0.05) is 28.1 Å². The highest BCUT2D eigenvalue weighted by atomic mass is 79.9. The lowest BCUT2D eigenvalue weighted by Crippen LogP contribution is -2.53. The van der Waals surface area contributed by atoms with Gasteiger partial charge >= 0.3 is 0 Å². The third kappa shape index (κ3) is 2.95. The molecule has 0 aliphatic carbocycles. The summed E-state index contributed by atoms with van der Waals surface area (Å²) in [6, 6.07) is 8.47. The Balaban J connectivity index is 2.10. The predicted octanol–water partition coefficient (Wildman–Crippen LogP) is 3.50. The highest BCUT2D eigenvalue weighted by Crippen LogP contribution is 2.33. The first-order valence-corrected chi connectivity index (χ1v) is 7.41. The second kappa shape index (κ2) is 4.95. The smallest absolute Gasteiger partial charge is 0.0434 e. The molecule has 2 rings (SSSR count). The number of nitrogens with zero attached hydrogens (tertiary/aromatic N) is 1. The molecule has 1 saturated heterocycles. The highest BCUT2D eigenvalue weighted by molar-refractivity contribution is 9.10. The van der Waals surface area contributed by atoms with Crippen LogP contribution >= 0.6 is 15.9 Å². The van der Waals surface area contributed by atoms with E-state index in [-0.39, 0.29) is 11.1 Å². The summed E-state index contributed by atoms with van der Waals surface area (Å²) in [6.07, 6.45) is 2.07. The fraction of sp³-hybridized carbons (Fsp3) is 0.600. The van der Waals surface area contributed by atoms with Gasteiger partial charge in [0.25, 0.3) is 0 Å². The molecule has 2 N–H and O–H groups in total. The maximum Gasteiger partial charge on any atom is 0.0434 e. The van der Waals surface area contributed by atoms with Crippen LogP contribution in [0.2, 0.25) is 0 Å². The molecule has 0 unspecified atom stereocenters. The van der Waals surface area contributed by atoms with Gasteiger partial charge in [-0.25, -0.2) is 0 Å². The number of nitrogens with two attached hydrogens (primary N) is 1. The Kier molecular flexibility index (Phi) is 3.86. The fourth-order valence-corrected chi connectivity index (χ4v) is 2.91. The number of halogens is 1. The number of rotatable bonds is 1. The van der Waals surface area contributed by atoms with E-state index in [1.165, 1.54) is 5.56 Å². The van der Waals surface area contributed by atoms with E-state index in [4.69, 9.17) is 5.73 Å². The van der Waals surface area contributed by atoms with Gasteiger partial charge in [-0.15, -0.1) is 0 Å². The number of likely N-dealkylation sites (tertiary alicyclic amines) is 1. The van der Waals surface area contributed by atoms with E-state index in [1.807, 2.05) is 0 Å². The molecule has 1 aliphatic rings. The first-order valence-electron chi connectivity index (χ1n) is 6.61. The average Bonchev–Trinajstić information content (AvgIpc) is 2.29. The highest BCUT2D eigenvalue weighted by Gasteiger charge is 2.35. The summed E-state index contributed by atoms with van der Waals surface area (Å²) in [4.78, 5) is 2.52. The Morgan fingerprint density at radius 3 is 2.06 bits per heavy atom. The Morgan fingerprint density at radius 2 is 1.61 bits per heavy atom. The van der Waals surface area contributed by atoms with Gasteiger partial charge in [-0.05, 0) is 51.3 Å². The molecular formula is C15H23BrN2. The molecule has 1 heterocycles. The zero-order chi connectivity index (χ0) is 13.4. The summed E-state index contributed by atoms with van der Waals surface area (Å²) in [5.74, 6) is 0. The summed E-state index contributed by atoms with van der Waals surface area (Å²) in [7, 11) is 0. The van der Waals surface area contributed by atoms with E-state index in [0.29, 0.717) is 0 Å². The molecular weight excluding hydrogens is 288 g/mol. The minimum absolute atomic E-state index is 0.150. The van der Waals surface area contributed by atoms with Crippen LogP contribution < -0.4 is 5.73 Å². The summed E-state index contributed by atoms with van der Waals surface area (Å²) in [6.45, 7) is 8.98. The maximum atomic E-state index is 6.59. The third-order valence-electron chi connectivity index (χ3n) is 4.02. The molecule has 1 aromatic carbocycles. The maximum absolute atomic E-state index is 6.59. The molecule has 3 heteroatoms. The van der Waals surface area contributed by atoms with Gasteiger partial charge in [0.05, 0.1) is 0 Å². The molecule has 1 aliphatic heterocycles. The second-order valence-electron chi connectivity index (χ2n) is 6.32. The lowest BCUT2D eigenvalue weighted by atomic mass is 9.81. The van der Waals surface area contributed by atoms with Crippen molar-refractivity contribution < 1.29 is 0 Å². The van der Waals surface area contributed by atoms with Gasteiger partial charge in [0.15, 0.2) is 0 Å². The first kappa shape index (κ1) is 14.0. The van der Waals surface area contributed by atoms with Crippen molar-refractivity contribution in [3.63, 3.8) is 0 Å². The summed E-state index contributed by atoms with van der Waals surface area (Å²) in [5, 5.41) is 0. The fourth-order valence-electron chi connectivity index (χ4n) is 2.65. The molecule has 0 atom stereocenters. The molecule has 100 valence electrons. The quantitative estimate of drug-likeness (QED) is 0.860. The topological polar surface area (TPSA) is 29.3 Å². The largest absolute Gasteiger partial charge is 0.321 e. The van der Waals surface area contributed by atoms with Crippen molar-refractivity contribution in [1.82, 2.24) is 4.90 Å². The zero-order valence-electron chi connectivity index (χ0n) is 11.5. The van der Waals surface area contributed by atoms with Crippen LogP contribution in [0.1, 0.15) is 39.2 Å². The summed E-state index contributed by atoms with van der Waals surface area (Å²) in [5.41, 5.74) is 7.96. The first-order chi connectivity index (χ1) is 8.31. The molecule has 1 aromatic rings. The van der Waals surface area contributed by atoms with E-state index in [9.17, 15) is 0 Å². The lowest BCUT2D eigenvalue weighted by molar-refractivity contribution is 0.0758. The van der Waals surface area contributed by atoms with Crippen molar-refractivity contribution >= 4 is 15.9 Å². The van der Waals surface area contributed by atoms with Crippen LogP contribution in [0.4, 0.5) is 0 Å². The number of benzene rings is 1. The van der Waals surface area contributed by atoms with Crippen LogP contribution in [0.5, 0.6) is 0 Å². The Morgan fingerprint density at radius 1 is 1.11 bits per heavy atom. The molecule has 0 bridgehead atoms. The monoisotopic (exact) mass is 310 g/mol. The summed E-state index contributed by atoms with van der Waals surface area (Å²) >= 11 is 3.47. The minimum atomic E-state index is -0.150. The Labute approximate surface area is 119 Å². The molecule has 18 heavy (non-hydrogen) atoms. The van der Waals surface area contributed by atoms with Crippen molar-refractivity contribution in [1.29, 1.82) is 0 Å². The van der Waals surface area contributed by atoms with E-state index in [0.717, 1.165) is 30.4 Å². The molecule has 0 saturated carbocycles. The number of hydrogen-bond donors (Lipinski definition) is 1. The van der Waals surface area contributed by atoms with Crippen molar-refractivity contribution in [2.24, 2.45) is 5.73 Å². The zero-order valence-corrected chi connectivity index (χ0v) is 13.1. The van der Waals surface area contributed by atoms with E-state index < -0.39 is 0 Å². The van der Waals surface area contributed by atoms with Gasteiger partial charge in [0, 0.05) is 28.6 Å². The second-order valence-corrected chi connectivity index (χ2v) is 7.24. The van der Waals surface area contributed by atoms with Gasteiger partial charge in [0.1, 0.15) is 0 Å². The Hall–Kier alpha value is -0.380. The van der Waals surface area contributed by atoms with E-state index in [2.05, 4.69) is 65.9 Å². The molecule has 0 radical (unpaired) electrons. The van der Waals surface area contributed by atoms with E-state index >= 15 is 0 Å². The van der Waals surface area contributed by atoms with E-state index in [1.54, 1.807) is 0 Å². The van der Waals surface area contributed by atoms with Gasteiger partial charge in [-0.2, -0.15) is 0 Å². The summed E-state index contributed by atoms with van der Waals surface area (Å²) < 4.78 is 1.11. The van der Waals surface area contributed by atoms with Gasteiger partial charge in [-0.3, -0.25) is 4.90 Å². The van der Waals surface area contributed by atoms with Crippen LogP contribution in [0, 0.1) is 0 Å². The molecule has 2 nitrogen and oxygen atoms in total. The lowest BCUT2D eigenvalue weighted by Gasteiger charge is -2.45. The van der Waals surface area contributed by atoms with Gasteiger partial charge in [0.2, 0.25) is 0 Å². The molecule has 0 amide bonds. The molecule has 1 fully saturated rings. The number of piperidine rings is 1. The minimum Gasteiger partial charge on any atom is -0.321 e. The standard InChI is InChI=1S/C15H23BrN2/c1-14(2,3)18-10-8-15(17,9-11-18)12-4-6-13(16)7-5-12/h4-7H,8-11,17H2,1-3H3. The van der Waals surface area contributed by atoms with Crippen molar-refractivity contribution in [2.75, 3.05) is 13.1 Å².